The second-order valence-corrected chi connectivity index (χ2v) is 0.0833. The Morgan fingerprint density at radius 2 is 1.12 bits per heavy atom. The summed E-state index contributed by atoms with van der Waals surface area (Å²) in [6.07, 6.45) is 0.250. The van der Waals surface area contributed by atoms with Gasteiger partial charge in [-0.1, -0.05) is 0 Å². The van der Waals surface area contributed by atoms with Gasteiger partial charge in [0.05, 0.1) is 0 Å². The van der Waals surface area contributed by atoms with E-state index in [0.717, 1.165) is 0 Å². The first kappa shape index (κ1) is 41.2. The summed E-state index contributed by atoms with van der Waals surface area (Å²) >= 11 is 0. The zero-order valence-corrected chi connectivity index (χ0v) is 4.70. The van der Waals surface area contributed by atoms with Gasteiger partial charge in [-0.2, -0.15) is 9.59 Å². The molecule has 0 aliphatic heterocycles. The maximum absolute atomic E-state index is 8.12. The first-order valence-electron chi connectivity index (χ1n) is 0.697. The van der Waals surface area contributed by atoms with Gasteiger partial charge in [-0.25, -0.2) is 0 Å². The van der Waals surface area contributed by atoms with Gasteiger partial charge in [0.1, 0.15) is 6.79 Å². The van der Waals surface area contributed by atoms with Crippen LogP contribution in [0.25, 0.3) is 0 Å². The molecule has 0 aliphatic rings. The van der Waals surface area contributed by atoms with Crippen molar-refractivity contribution in [3.8, 4) is 0 Å². The Balaban J connectivity index is -0.00000000567. The van der Waals surface area contributed by atoms with Crippen LogP contribution in [0.3, 0.4) is 0 Å². The average Bonchev–Trinajstić information content (AvgIpc) is 1.46. The van der Waals surface area contributed by atoms with Crippen LogP contribution < -0.4 is 6.15 Å². The van der Waals surface area contributed by atoms with Crippen LogP contribution in [0.1, 0.15) is 0 Å². The van der Waals surface area contributed by atoms with Gasteiger partial charge in [-0.15, -0.1) is 0 Å². The van der Waals surface area contributed by atoms with Crippen LogP contribution in [0.2, 0.25) is 0 Å². The van der Waals surface area contributed by atoms with Gasteiger partial charge < -0.3 is 16.4 Å². The van der Waals surface area contributed by atoms with E-state index in [9.17, 15) is 0 Å². The normalized spacial score (nSPS) is 1.50. The Morgan fingerprint density at radius 1 is 1.12 bits per heavy atom. The minimum Gasteiger partial charge on any atom is -0.412 e. The maximum Gasteiger partial charge on any atom is 0.373 e. The van der Waals surface area contributed by atoms with Gasteiger partial charge in [-0.3, -0.25) is 0 Å². The van der Waals surface area contributed by atoms with Gasteiger partial charge in [0, 0.05) is 37.7 Å². The second-order valence-electron chi connectivity index (χ2n) is 0.0833. The molecule has 0 heterocycles. The molecule has 0 radical (unpaired) electrons. The Kier molecular flexibility index (Phi) is 956. The summed E-state index contributed by atoms with van der Waals surface area (Å²) in [5, 5.41) is 0. The Hall–Kier alpha value is 0.230. The predicted octanol–water partition coefficient (Wildman–Crippen LogP) is -1.43. The van der Waals surface area contributed by atoms with Crippen molar-refractivity contribution in [2.45, 2.75) is 0 Å². The summed E-state index contributed by atoms with van der Waals surface area (Å²) in [5.74, 6) is 0. The molecular weight excluding hydrogens is 142 g/mol. The Labute approximate surface area is 76.3 Å². The first-order valence-corrected chi connectivity index (χ1v) is 0.697. The molecule has 0 bridgehead atoms. The molecule has 0 fully saturated rings. The fraction of sp³-hybridized carbons (Fsp3) is 0. The smallest absolute Gasteiger partial charge is 0.373 e. The largest absolute Gasteiger partial charge is 0.412 e. The van der Waals surface area contributed by atoms with E-state index in [1.54, 1.807) is 0 Å². The van der Waals surface area contributed by atoms with Crippen molar-refractivity contribution >= 4 is 12.9 Å². The zero-order valence-electron chi connectivity index (χ0n) is 3.99. The van der Waals surface area contributed by atoms with E-state index < -0.39 is 0 Å². The first-order chi connectivity index (χ1) is 2.41. The monoisotopic (exact) mass is 149 g/mol. The SMILES string of the molecule is C=O.N.O.O=C=O.[Ar]. The minimum atomic E-state index is 0. The fourth-order valence-corrected chi connectivity index (χ4v) is 0. The van der Waals surface area contributed by atoms with Crippen molar-refractivity contribution in [2.75, 3.05) is 0 Å². The van der Waals surface area contributed by atoms with E-state index in [-0.39, 0.29) is 55.5 Å². The molecule has 0 aromatic rings. The van der Waals surface area contributed by atoms with E-state index in [0.29, 0.717) is 0 Å². The van der Waals surface area contributed by atoms with Crippen LogP contribution in [0.5, 0.6) is 0 Å². The molecule has 0 spiro atoms. The molecule has 0 aromatic heterocycles. The molecule has 52 valence electrons. The van der Waals surface area contributed by atoms with Gasteiger partial charge in [0.25, 0.3) is 0 Å². The number of rotatable bonds is 0. The quantitative estimate of drug-likeness (QED) is 0.454. The topological polar surface area (TPSA) is 118 Å². The van der Waals surface area contributed by atoms with Gasteiger partial charge in [0.15, 0.2) is 0 Å². The van der Waals surface area contributed by atoms with Crippen molar-refractivity contribution < 1.29 is 57.6 Å². The summed E-state index contributed by atoms with van der Waals surface area (Å²) in [6, 6.07) is 0. The molecule has 6 heteroatoms. The van der Waals surface area contributed by atoms with E-state index in [1.165, 1.54) is 0 Å². The second kappa shape index (κ2) is 186. The molecule has 5 N–H and O–H groups in total. The maximum atomic E-state index is 8.12. The van der Waals surface area contributed by atoms with E-state index in [4.69, 9.17) is 14.4 Å². The summed E-state index contributed by atoms with van der Waals surface area (Å²) in [6.45, 7) is 2.00. The third-order valence-corrected chi connectivity index (χ3v) is 0. The average molecular weight is 149 g/mol. The molecule has 5 nitrogen and oxygen atoms in total. The van der Waals surface area contributed by atoms with E-state index in [1.807, 2.05) is 6.79 Å². The van der Waals surface area contributed by atoms with Crippen molar-refractivity contribution in [3.05, 3.63) is 0 Å². The molecular formula is C2H7ArNO4. The van der Waals surface area contributed by atoms with Crippen LogP contribution in [0, 0.1) is 37.7 Å². The molecule has 0 saturated carbocycles. The van der Waals surface area contributed by atoms with Gasteiger partial charge in [-0.05, 0) is 0 Å². The van der Waals surface area contributed by atoms with Gasteiger partial charge in [0.2, 0.25) is 0 Å². The summed E-state index contributed by atoms with van der Waals surface area (Å²) < 4.78 is 0. The third kappa shape index (κ3) is 3230. The fourth-order valence-electron chi connectivity index (χ4n) is 0. The molecule has 0 rings (SSSR count). The Bertz CT molecular complexity index is 43.3. The molecule has 0 atom stereocenters. The number of hydrogen-bond acceptors (Lipinski definition) is 4. The molecule has 0 aliphatic carbocycles. The van der Waals surface area contributed by atoms with Gasteiger partial charge >= 0.3 is 6.15 Å². The molecule has 0 amide bonds. The van der Waals surface area contributed by atoms with Crippen molar-refractivity contribution in [1.29, 1.82) is 0 Å². The van der Waals surface area contributed by atoms with Crippen LogP contribution >= 0.6 is 0 Å². The summed E-state index contributed by atoms with van der Waals surface area (Å²) in [4.78, 5) is 24.2. The third-order valence-electron chi connectivity index (χ3n) is 0. The Morgan fingerprint density at radius 3 is 1.12 bits per heavy atom. The van der Waals surface area contributed by atoms with Crippen LogP contribution in [-0.2, 0) is 14.4 Å². The van der Waals surface area contributed by atoms with Crippen molar-refractivity contribution in [1.82, 2.24) is 6.15 Å². The van der Waals surface area contributed by atoms with Crippen molar-refractivity contribution in [2.24, 2.45) is 0 Å². The van der Waals surface area contributed by atoms with Crippen LogP contribution in [0.4, 0.5) is 0 Å². The number of hydrogen-bond donors (Lipinski definition) is 1. The standard InChI is InChI=1S/CO2.CH2O.Ar.H3N.H2O/c2-1-3;1-2;;;/h;1H2;;1H3;1H2. The van der Waals surface area contributed by atoms with Crippen molar-refractivity contribution in [3.63, 3.8) is 0 Å². The molecule has 0 unspecified atom stereocenters. The predicted molar refractivity (Wildman–Crippen MR) is 20.8 cm³/mol. The minimum absolute atomic E-state index is 0. The summed E-state index contributed by atoms with van der Waals surface area (Å²) in [7, 11) is 0. The van der Waals surface area contributed by atoms with Crippen LogP contribution in [0.15, 0.2) is 0 Å². The summed E-state index contributed by atoms with van der Waals surface area (Å²) in [5.41, 5.74) is 0. The molecule has 8 heavy (non-hydrogen) atoms. The molecule has 0 aromatic carbocycles. The zero-order chi connectivity index (χ0) is 4.71. The number of carbonyl (C=O) groups is 1. The molecule has 0 saturated heterocycles. The van der Waals surface area contributed by atoms with E-state index in [2.05, 4.69) is 0 Å². The number of carbonyl (C=O) groups excluding carboxylic acids is 3. The van der Waals surface area contributed by atoms with E-state index >= 15 is 0 Å². The van der Waals surface area contributed by atoms with Crippen LogP contribution in [-0.4, -0.2) is 18.4 Å².